The van der Waals surface area contributed by atoms with Crippen molar-refractivity contribution in [3.63, 3.8) is 0 Å². The normalized spacial score (nSPS) is 15.7. The van der Waals surface area contributed by atoms with Gasteiger partial charge in [-0.25, -0.2) is 4.98 Å². The highest BCUT2D eigenvalue weighted by Gasteiger charge is 2.22. The van der Waals surface area contributed by atoms with E-state index < -0.39 is 0 Å². The summed E-state index contributed by atoms with van der Waals surface area (Å²) in [5.41, 5.74) is 0.0888. The Hall–Kier alpha value is -1.85. The Balaban J connectivity index is 2.36. The van der Waals surface area contributed by atoms with Crippen LogP contribution in [0.15, 0.2) is 12.1 Å². The molecule has 0 aromatic carbocycles. The van der Waals surface area contributed by atoms with Crippen LogP contribution in [0, 0.1) is 10.1 Å². The Labute approximate surface area is 99.8 Å². The number of hydrogen-bond acceptors (Lipinski definition) is 5. The zero-order chi connectivity index (χ0) is 12.3. The van der Waals surface area contributed by atoms with Crippen molar-refractivity contribution in [1.29, 1.82) is 0 Å². The fraction of sp³-hybridized carbons (Fsp3) is 0.545. The number of rotatable bonds is 3. The molecule has 2 rings (SSSR count). The fourth-order valence-corrected chi connectivity index (χ4v) is 2.06. The molecular weight excluding hydrogens is 220 g/mol. The van der Waals surface area contributed by atoms with Crippen LogP contribution in [0.5, 0.6) is 0 Å². The van der Waals surface area contributed by atoms with Crippen LogP contribution in [0.4, 0.5) is 17.3 Å². The number of pyridine rings is 1. The van der Waals surface area contributed by atoms with Crippen LogP contribution in [0.2, 0.25) is 0 Å². The van der Waals surface area contributed by atoms with Crippen molar-refractivity contribution in [3.05, 3.63) is 22.2 Å². The Morgan fingerprint density at radius 1 is 1.35 bits per heavy atom. The minimum absolute atomic E-state index is 0.0888. The maximum absolute atomic E-state index is 11.0. The van der Waals surface area contributed by atoms with Crippen LogP contribution in [0.1, 0.15) is 19.3 Å². The molecule has 92 valence electrons. The van der Waals surface area contributed by atoms with E-state index in [1.165, 1.54) is 12.5 Å². The fourth-order valence-electron chi connectivity index (χ4n) is 2.06. The van der Waals surface area contributed by atoms with Gasteiger partial charge in [0.2, 0.25) is 5.82 Å². The topological polar surface area (TPSA) is 71.3 Å². The molecule has 0 amide bonds. The Morgan fingerprint density at radius 2 is 2.06 bits per heavy atom. The molecule has 6 heteroatoms. The second kappa shape index (κ2) is 4.99. The average molecular weight is 236 g/mol. The minimum Gasteiger partial charge on any atom is -0.373 e. The summed E-state index contributed by atoms with van der Waals surface area (Å²) >= 11 is 0. The molecule has 1 fully saturated rings. The Bertz CT molecular complexity index is 416. The Kier molecular flexibility index (Phi) is 3.41. The summed E-state index contributed by atoms with van der Waals surface area (Å²) in [4.78, 5) is 16.9. The van der Waals surface area contributed by atoms with E-state index in [1.54, 1.807) is 13.1 Å². The molecule has 1 aromatic heterocycles. The van der Waals surface area contributed by atoms with Gasteiger partial charge in [0, 0.05) is 26.2 Å². The van der Waals surface area contributed by atoms with Gasteiger partial charge in [-0.2, -0.15) is 0 Å². The van der Waals surface area contributed by atoms with Gasteiger partial charge < -0.3 is 10.2 Å². The SMILES string of the molecule is CNc1ccc([N+](=O)[O-])c(N2CCCCC2)n1. The quantitative estimate of drug-likeness (QED) is 0.642. The minimum atomic E-state index is -0.365. The van der Waals surface area contributed by atoms with Gasteiger partial charge in [-0.05, 0) is 25.3 Å². The predicted molar refractivity (Wildman–Crippen MR) is 66.5 cm³/mol. The number of hydrogen-bond donors (Lipinski definition) is 1. The van der Waals surface area contributed by atoms with E-state index in [-0.39, 0.29) is 10.6 Å². The number of nitrogens with one attached hydrogen (secondary N) is 1. The summed E-state index contributed by atoms with van der Waals surface area (Å²) in [7, 11) is 1.76. The van der Waals surface area contributed by atoms with Gasteiger partial charge in [0.05, 0.1) is 4.92 Å². The lowest BCUT2D eigenvalue weighted by molar-refractivity contribution is -0.384. The molecule has 0 spiro atoms. The monoisotopic (exact) mass is 236 g/mol. The van der Waals surface area contributed by atoms with Gasteiger partial charge in [-0.3, -0.25) is 10.1 Å². The van der Waals surface area contributed by atoms with Gasteiger partial charge in [0.15, 0.2) is 0 Å². The number of nitrogens with zero attached hydrogens (tertiary/aromatic N) is 3. The standard InChI is InChI=1S/C11H16N4O2/c1-12-10-6-5-9(15(16)17)11(13-10)14-7-3-2-4-8-14/h5-6H,2-4,7-8H2,1H3,(H,12,13). The molecule has 0 radical (unpaired) electrons. The molecule has 1 saturated heterocycles. The van der Waals surface area contributed by atoms with E-state index in [4.69, 9.17) is 0 Å². The van der Waals surface area contributed by atoms with Crippen molar-refractivity contribution < 1.29 is 4.92 Å². The van der Waals surface area contributed by atoms with Gasteiger partial charge >= 0.3 is 5.69 Å². The van der Waals surface area contributed by atoms with Crippen molar-refractivity contribution >= 4 is 17.3 Å². The maximum Gasteiger partial charge on any atom is 0.311 e. The van der Waals surface area contributed by atoms with Gasteiger partial charge in [0.25, 0.3) is 0 Å². The lowest BCUT2D eigenvalue weighted by atomic mass is 10.1. The van der Waals surface area contributed by atoms with E-state index >= 15 is 0 Å². The lowest BCUT2D eigenvalue weighted by Gasteiger charge is -2.27. The first-order chi connectivity index (χ1) is 8.22. The molecule has 0 atom stereocenters. The molecule has 1 aromatic rings. The zero-order valence-corrected chi connectivity index (χ0v) is 9.85. The average Bonchev–Trinajstić information content (AvgIpc) is 2.39. The maximum atomic E-state index is 11.0. The lowest BCUT2D eigenvalue weighted by Crippen LogP contribution is -2.30. The summed E-state index contributed by atoms with van der Waals surface area (Å²) in [5, 5.41) is 13.9. The second-order valence-corrected chi connectivity index (χ2v) is 4.09. The first-order valence-corrected chi connectivity index (χ1v) is 5.80. The summed E-state index contributed by atoms with van der Waals surface area (Å²) in [5.74, 6) is 1.15. The van der Waals surface area contributed by atoms with Crippen LogP contribution in [0.3, 0.4) is 0 Å². The van der Waals surface area contributed by atoms with Crippen molar-refractivity contribution in [2.45, 2.75) is 19.3 Å². The summed E-state index contributed by atoms with van der Waals surface area (Å²) in [6.45, 7) is 1.70. The van der Waals surface area contributed by atoms with Gasteiger partial charge in [-0.15, -0.1) is 0 Å². The van der Waals surface area contributed by atoms with E-state index in [0.717, 1.165) is 25.9 Å². The van der Waals surface area contributed by atoms with Crippen molar-refractivity contribution in [2.24, 2.45) is 0 Å². The summed E-state index contributed by atoms with van der Waals surface area (Å²) < 4.78 is 0. The van der Waals surface area contributed by atoms with E-state index in [9.17, 15) is 10.1 Å². The van der Waals surface area contributed by atoms with Crippen molar-refractivity contribution in [2.75, 3.05) is 30.4 Å². The molecule has 17 heavy (non-hydrogen) atoms. The van der Waals surface area contributed by atoms with Crippen LogP contribution >= 0.6 is 0 Å². The smallest absolute Gasteiger partial charge is 0.311 e. The molecule has 0 aliphatic carbocycles. The molecule has 1 aliphatic heterocycles. The summed E-state index contributed by atoms with van der Waals surface area (Å²) in [6.07, 6.45) is 3.33. The molecular formula is C11H16N4O2. The molecule has 2 heterocycles. The van der Waals surface area contributed by atoms with Crippen LogP contribution in [-0.2, 0) is 0 Å². The van der Waals surface area contributed by atoms with Crippen molar-refractivity contribution in [1.82, 2.24) is 4.98 Å². The van der Waals surface area contributed by atoms with Gasteiger partial charge in [0.1, 0.15) is 5.82 Å². The molecule has 1 N–H and O–H groups in total. The Morgan fingerprint density at radius 3 is 2.65 bits per heavy atom. The number of anilines is 2. The van der Waals surface area contributed by atoms with Crippen LogP contribution in [0.25, 0.3) is 0 Å². The first kappa shape index (κ1) is 11.6. The molecule has 6 nitrogen and oxygen atoms in total. The third kappa shape index (κ3) is 2.46. The number of nitro groups is 1. The summed E-state index contributed by atoms with van der Waals surface area (Å²) in [6, 6.07) is 3.15. The van der Waals surface area contributed by atoms with Crippen LogP contribution in [-0.4, -0.2) is 30.0 Å². The largest absolute Gasteiger partial charge is 0.373 e. The predicted octanol–water partition coefficient (Wildman–Crippen LogP) is 2.02. The highest BCUT2D eigenvalue weighted by Crippen LogP contribution is 2.29. The highest BCUT2D eigenvalue weighted by atomic mass is 16.6. The molecule has 0 unspecified atom stereocenters. The van der Waals surface area contributed by atoms with E-state index in [1.807, 2.05) is 4.90 Å². The third-order valence-corrected chi connectivity index (χ3v) is 2.96. The van der Waals surface area contributed by atoms with Gasteiger partial charge in [-0.1, -0.05) is 0 Å². The highest BCUT2D eigenvalue weighted by molar-refractivity contribution is 5.61. The molecule has 1 aliphatic rings. The molecule has 0 bridgehead atoms. The second-order valence-electron chi connectivity index (χ2n) is 4.09. The number of piperidine rings is 1. The third-order valence-electron chi connectivity index (χ3n) is 2.96. The zero-order valence-electron chi connectivity index (χ0n) is 9.85. The first-order valence-electron chi connectivity index (χ1n) is 5.80. The van der Waals surface area contributed by atoms with Crippen LogP contribution < -0.4 is 10.2 Å². The van der Waals surface area contributed by atoms with Crippen molar-refractivity contribution in [3.8, 4) is 0 Å². The van der Waals surface area contributed by atoms with E-state index in [2.05, 4.69) is 10.3 Å². The molecule has 0 saturated carbocycles. The van der Waals surface area contributed by atoms with E-state index in [0.29, 0.717) is 11.6 Å². The number of aromatic nitrogens is 1.